The lowest BCUT2D eigenvalue weighted by atomic mass is 9.85. The molecule has 47 heavy (non-hydrogen) atoms. The lowest BCUT2D eigenvalue weighted by molar-refractivity contribution is 0.143. The first-order chi connectivity index (χ1) is 22.3. The first-order valence-electron chi connectivity index (χ1n) is 15.2. The maximum atomic E-state index is 11.8. The smallest absolute Gasteiger partial charge is 0.132 e. The summed E-state index contributed by atoms with van der Waals surface area (Å²) in [7, 11) is 0. The molecule has 0 spiro atoms. The van der Waals surface area contributed by atoms with Crippen LogP contribution in [0.25, 0.3) is 54.9 Å². The Morgan fingerprint density at radius 2 is 1.06 bits per heavy atom. The Morgan fingerprint density at radius 3 is 1.72 bits per heavy atom. The molecule has 0 aromatic heterocycles. The van der Waals surface area contributed by atoms with E-state index in [1.165, 1.54) is 0 Å². The third-order valence-corrected chi connectivity index (χ3v) is 7.77. The van der Waals surface area contributed by atoms with Crippen molar-refractivity contribution in [1.29, 1.82) is 0 Å². The van der Waals surface area contributed by atoms with Crippen molar-refractivity contribution in [2.45, 2.75) is 19.4 Å². The number of rotatable bonds is 3. The summed E-state index contributed by atoms with van der Waals surface area (Å²) < 4.78 is 0. The number of phenolic OH excluding ortho intramolecular Hbond substituents is 2. The van der Waals surface area contributed by atoms with Gasteiger partial charge in [-0.3, -0.25) is 0 Å². The highest BCUT2D eigenvalue weighted by Crippen LogP contribution is 2.49. The maximum absolute atomic E-state index is 11.8. The summed E-state index contributed by atoms with van der Waals surface area (Å²) in [6.45, 7) is 3.34. The standard InChI is InChI=1S/C32H22O2.C11H12O.Al/c33-29-17-9-8-16-27(29)28-20-23-13-5-7-15-25(23)31(32(28)34)30-24-14-6-4-12-22(24)18-19-26(30)21-10-2-1-3-11-21;1-11(2,12)9-8-10-6-4-3-5-7-10;/h1-20,33-34H;3-7,12H,1-2H3;. The summed E-state index contributed by atoms with van der Waals surface area (Å²) in [5.41, 5.74) is 5.12. The summed E-state index contributed by atoms with van der Waals surface area (Å²) >= 11 is 0. The van der Waals surface area contributed by atoms with Crippen molar-refractivity contribution in [2.24, 2.45) is 0 Å². The average molecular weight is 626 g/mol. The quantitative estimate of drug-likeness (QED) is 0.135. The maximum Gasteiger partial charge on any atom is 0.132 e. The molecule has 4 heteroatoms. The van der Waals surface area contributed by atoms with Crippen LogP contribution >= 0.6 is 0 Å². The third-order valence-electron chi connectivity index (χ3n) is 7.77. The fourth-order valence-corrected chi connectivity index (χ4v) is 5.64. The number of fused-ring (bicyclic) bond motifs is 2. The van der Waals surface area contributed by atoms with Crippen molar-refractivity contribution in [3.63, 3.8) is 0 Å². The van der Waals surface area contributed by atoms with Crippen LogP contribution in [0.4, 0.5) is 0 Å². The number of benzene rings is 7. The monoisotopic (exact) mass is 625 g/mol. The van der Waals surface area contributed by atoms with E-state index in [2.05, 4.69) is 60.4 Å². The Bertz CT molecular complexity index is 2210. The molecule has 7 aromatic carbocycles. The number of hydrogen-bond acceptors (Lipinski definition) is 3. The normalized spacial score (nSPS) is 10.7. The van der Waals surface area contributed by atoms with Crippen molar-refractivity contribution < 1.29 is 15.3 Å². The molecule has 0 aliphatic heterocycles. The van der Waals surface area contributed by atoms with Gasteiger partial charge >= 0.3 is 0 Å². The molecule has 0 fully saturated rings. The van der Waals surface area contributed by atoms with Crippen LogP contribution in [0, 0.1) is 11.8 Å². The predicted molar refractivity (Wildman–Crippen MR) is 196 cm³/mol. The molecule has 0 bridgehead atoms. The van der Waals surface area contributed by atoms with Crippen molar-refractivity contribution in [3.8, 4) is 56.7 Å². The largest absolute Gasteiger partial charge is 0.507 e. The van der Waals surface area contributed by atoms with Gasteiger partial charge in [-0.05, 0) is 70.8 Å². The highest BCUT2D eigenvalue weighted by atomic mass is 27.0. The van der Waals surface area contributed by atoms with Crippen LogP contribution in [0.1, 0.15) is 19.4 Å². The van der Waals surface area contributed by atoms with Gasteiger partial charge in [-0.1, -0.05) is 139 Å². The average Bonchev–Trinajstić information content (AvgIpc) is 3.08. The number of aliphatic hydroxyl groups is 1. The van der Waals surface area contributed by atoms with Crippen molar-refractivity contribution in [2.75, 3.05) is 0 Å². The van der Waals surface area contributed by atoms with Crippen LogP contribution in [0.15, 0.2) is 152 Å². The molecule has 0 saturated carbocycles. The molecule has 3 N–H and O–H groups in total. The van der Waals surface area contributed by atoms with E-state index in [0.717, 1.165) is 49.4 Å². The molecule has 7 aromatic rings. The second-order valence-corrected chi connectivity index (χ2v) is 11.6. The lowest BCUT2D eigenvalue weighted by Gasteiger charge is -2.20. The van der Waals surface area contributed by atoms with E-state index in [9.17, 15) is 15.3 Å². The summed E-state index contributed by atoms with van der Waals surface area (Å²) in [6, 6.07) is 49.6. The van der Waals surface area contributed by atoms with Crippen LogP contribution < -0.4 is 0 Å². The van der Waals surface area contributed by atoms with Gasteiger partial charge in [0.15, 0.2) is 0 Å². The highest BCUT2D eigenvalue weighted by molar-refractivity contribution is 6.14. The van der Waals surface area contributed by atoms with E-state index >= 15 is 0 Å². The zero-order chi connectivity index (χ0) is 32.1. The van der Waals surface area contributed by atoms with Gasteiger partial charge in [0.25, 0.3) is 0 Å². The number of para-hydroxylation sites is 1. The zero-order valence-electron chi connectivity index (χ0n) is 26.4. The SMILES string of the molecule is CC(C)(O)C#Cc1ccccc1.Oc1ccccc1-c1cc2ccccc2c(-c2c(-c3ccccc3)ccc3ccccc23)c1O.[Al]. The molecule has 0 amide bonds. The first-order valence-corrected chi connectivity index (χ1v) is 15.2. The summed E-state index contributed by atoms with van der Waals surface area (Å²) in [5, 5.41) is 35.9. The van der Waals surface area contributed by atoms with Gasteiger partial charge in [0.05, 0.1) is 0 Å². The van der Waals surface area contributed by atoms with Crippen LogP contribution in [0.5, 0.6) is 11.5 Å². The van der Waals surface area contributed by atoms with Crippen LogP contribution in [0.2, 0.25) is 0 Å². The summed E-state index contributed by atoms with van der Waals surface area (Å²) in [5.74, 6) is 5.93. The van der Waals surface area contributed by atoms with Crippen LogP contribution in [0.3, 0.4) is 0 Å². The van der Waals surface area contributed by atoms with Gasteiger partial charge in [0.1, 0.15) is 17.1 Å². The Hall–Kier alpha value is -5.29. The van der Waals surface area contributed by atoms with E-state index < -0.39 is 5.60 Å². The van der Waals surface area contributed by atoms with Gasteiger partial charge in [-0.15, -0.1) is 0 Å². The minimum absolute atomic E-state index is 0. The molecule has 227 valence electrons. The second kappa shape index (κ2) is 14.4. The molecule has 7 rings (SSSR count). The van der Waals surface area contributed by atoms with Gasteiger partial charge in [0.2, 0.25) is 0 Å². The Morgan fingerprint density at radius 1 is 0.511 bits per heavy atom. The van der Waals surface area contributed by atoms with E-state index in [1.807, 2.05) is 91.0 Å². The van der Waals surface area contributed by atoms with Gasteiger partial charge in [0, 0.05) is 45.2 Å². The number of aromatic hydroxyl groups is 2. The van der Waals surface area contributed by atoms with Gasteiger partial charge < -0.3 is 15.3 Å². The molecule has 0 heterocycles. The summed E-state index contributed by atoms with van der Waals surface area (Å²) in [6.07, 6.45) is 0. The molecule has 3 radical (unpaired) electrons. The van der Waals surface area contributed by atoms with E-state index in [-0.39, 0.29) is 28.9 Å². The minimum Gasteiger partial charge on any atom is -0.507 e. The topological polar surface area (TPSA) is 60.7 Å². The number of phenols is 2. The fourth-order valence-electron chi connectivity index (χ4n) is 5.64. The highest BCUT2D eigenvalue weighted by Gasteiger charge is 2.22. The van der Waals surface area contributed by atoms with Crippen molar-refractivity contribution in [1.82, 2.24) is 0 Å². The second-order valence-electron chi connectivity index (χ2n) is 11.6. The first kappa shape index (κ1) is 33.1. The lowest BCUT2D eigenvalue weighted by Crippen LogP contribution is -2.14. The predicted octanol–water partition coefficient (Wildman–Crippen LogP) is 9.83. The molecule has 0 unspecified atom stereocenters. The number of hydrogen-bond donors (Lipinski definition) is 3. The molecule has 0 atom stereocenters. The molecular weight excluding hydrogens is 591 g/mol. The zero-order valence-corrected chi connectivity index (χ0v) is 27.5. The molecular formula is C43H34AlO3. The van der Waals surface area contributed by atoms with Gasteiger partial charge in [-0.2, -0.15) is 0 Å². The Balaban J connectivity index is 0.000000284. The van der Waals surface area contributed by atoms with Gasteiger partial charge in [-0.25, -0.2) is 0 Å². The van der Waals surface area contributed by atoms with Crippen LogP contribution in [-0.2, 0) is 0 Å². The molecule has 0 aliphatic rings. The summed E-state index contributed by atoms with van der Waals surface area (Å²) in [4.78, 5) is 0. The van der Waals surface area contributed by atoms with Crippen molar-refractivity contribution in [3.05, 3.63) is 157 Å². The minimum atomic E-state index is -0.907. The fraction of sp³-hybridized carbons (Fsp3) is 0.0698. The molecule has 3 nitrogen and oxygen atoms in total. The Labute approximate surface area is 286 Å². The van der Waals surface area contributed by atoms with Crippen molar-refractivity contribution >= 4 is 38.9 Å². The molecule has 0 aliphatic carbocycles. The third kappa shape index (κ3) is 7.41. The van der Waals surface area contributed by atoms with E-state index in [0.29, 0.717) is 11.1 Å². The van der Waals surface area contributed by atoms with Crippen LogP contribution in [-0.4, -0.2) is 38.3 Å². The van der Waals surface area contributed by atoms with E-state index in [4.69, 9.17) is 0 Å². The molecule has 0 saturated heterocycles. The Kier molecular flexibility index (Phi) is 10.2. The van der Waals surface area contributed by atoms with E-state index in [1.54, 1.807) is 26.0 Å².